The Labute approximate surface area is 95.9 Å². The van der Waals surface area contributed by atoms with Crippen LogP contribution in [0.2, 0.25) is 0 Å². The van der Waals surface area contributed by atoms with E-state index in [1.54, 1.807) is 0 Å². The minimum Gasteiger partial charge on any atom is -0.298 e. The van der Waals surface area contributed by atoms with Crippen molar-refractivity contribution in [3.63, 3.8) is 0 Å². The number of hydrogen-bond acceptors (Lipinski definition) is 2. The van der Waals surface area contributed by atoms with E-state index >= 15 is 0 Å². The normalized spacial score (nSPS) is 24.4. The molecule has 1 unspecified atom stereocenters. The fourth-order valence-corrected chi connectivity index (χ4v) is 2.44. The molecule has 2 rings (SSSR count). The largest absolute Gasteiger partial charge is 0.298 e. The first-order valence-electron chi connectivity index (χ1n) is 5.66. The number of aryl methyl sites for hydroxylation is 1. The molecule has 16 heavy (non-hydrogen) atoms. The molecule has 1 aromatic carbocycles. The molecular formula is C14H15NO. The molecule has 1 aliphatic rings. The number of nitriles is 1. The Morgan fingerprint density at radius 3 is 2.88 bits per heavy atom. The van der Waals surface area contributed by atoms with Crippen molar-refractivity contribution in [2.75, 3.05) is 0 Å². The number of Topliss-reactive ketones (excluding diaryl/α,β-unsaturated/α-hetero) is 1. The molecule has 2 nitrogen and oxygen atoms in total. The van der Waals surface area contributed by atoms with Crippen LogP contribution in [-0.4, -0.2) is 5.78 Å². The molecule has 0 saturated heterocycles. The molecule has 0 heterocycles. The molecule has 1 atom stereocenters. The van der Waals surface area contributed by atoms with Gasteiger partial charge in [0.1, 0.15) is 5.41 Å². The first kappa shape index (κ1) is 10.9. The lowest BCUT2D eigenvalue weighted by molar-refractivity contribution is -0.123. The number of carbonyl (C=O) groups is 1. The molecular weight excluding hydrogens is 198 g/mol. The van der Waals surface area contributed by atoms with E-state index in [9.17, 15) is 10.1 Å². The van der Waals surface area contributed by atoms with E-state index in [1.807, 2.05) is 25.1 Å². The van der Waals surface area contributed by atoms with Crippen LogP contribution >= 0.6 is 0 Å². The van der Waals surface area contributed by atoms with Crippen LogP contribution in [0, 0.1) is 23.7 Å². The maximum Gasteiger partial charge on any atom is 0.153 e. The topological polar surface area (TPSA) is 40.9 Å². The van der Waals surface area contributed by atoms with E-state index in [2.05, 4.69) is 12.1 Å². The van der Waals surface area contributed by atoms with Gasteiger partial charge in [-0.1, -0.05) is 29.8 Å². The molecule has 1 aliphatic carbocycles. The molecule has 2 heteroatoms. The predicted octanol–water partition coefficient (Wildman–Crippen LogP) is 2.80. The van der Waals surface area contributed by atoms with Crippen LogP contribution in [0.1, 0.15) is 30.4 Å². The summed E-state index contributed by atoms with van der Waals surface area (Å²) in [5.74, 6) is 0.122. The molecule has 1 saturated carbocycles. The van der Waals surface area contributed by atoms with Crippen LogP contribution in [-0.2, 0) is 11.2 Å². The summed E-state index contributed by atoms with van der Waals surface area (Å²) in [4.78, 5) is 11.8. The Morgan fingerprint density at radius 1 is 1.50 bits per heavy atom. The third-order valence-electron chi connectivity index (χ3n) is 3.34. The Hall–Kier alpha value is -1.62. The Balaban J connectivity index is 2.26. The van der Waals surface area contributed by atoms with Crippen molar-refractivity contribution in [3.8, 4) is 6.07 Å². The molecule has 1 aromatic rings. The van der Waals surface area contributed by atoms with E-state index in [1.165, 1.54) is 5.56 Å². The minimum atomic E-state index is -0.742. The second-order valence-electron chi connectivity index (χ2n) is 4.64. The van der Waals surface area contributed by atoms with Gasteiger partial charge in [0.15, 0.2) is 5.78 Å². The number of rotatable bonds is 2. The Kier molecular flexibility index (Phi) is 2.78. The van der Waals surface area contributed by atoms with Gasteiger partial charge in [0.05, 0.1) is 6.07 Å². The van der Waals surface area contributed by atoms with Crippen molar-refractivity contribution in [2.45, 2.75) is 32.6 Å². The van der Waals surface area contributed by atoms with Gasteiger partial charge in [-0.05, 0) is 31.7 Å². The summed E-state index contributed by atoms with van der Waals surface area (Å²) in [5.41, 5.74) is 1.53. The fraction of sp³-hybridized carbons (Fsp3) is 0.429. The molecule has 0 aliphatic heterocycles. The second-order valence-corrected chi connectivity index (χ2v) is 4.64. The smallest absolute Gasteiger partial charge is 0.153 e. The van der Waals surface area contributed by atoms with Gasteiger partial charge in [-0.2, -0.15) is 5.26 Å². The van der Waals surface area contributed by atoms with Crippen molar-refractivity contribution in [3.05, 3.63) is 35.4 Å². The maximum atomic E-state index is 11.8. The van der Waals surface area contributed by atoms with Crippen LogP contribution < -0.4 is 0 Å². The minimum absolute atomic E-state index is 0.122. The SMILES string of the molecule is Cc1cccc(CC2(C#N)CCCC2=O)c1. The Morgan fingerprint density at radius 2 is 2.31 bits per heavy atom. The summed E-state index contributed by atoms with van der Waals surface area (Å²) < 4.78 is 0. The van der Waals surface area contributed by atoms with Gasteiger partial charge in [0.2, 0.25) is 0 Å². The molecule has 1 fully saturated rings. The highest BCUT2D eigenvalue weighted by atomic mass is 16.1. The number of nitrogens with zero attached hydrogens (tertiary/aromatic N) is 1. The third kappa shape index (κ3) is 1.86. The fourth-order valence-electron chi connectivity index (χ4n) is 2.44. The molecule has 0 spiro atoms. The summed E-state index contributed by atoms with van der Waals surface area (Å²) in [6.45, 7) is 2.03. The number of hydrogen-bond donors (Lipinski definition) is 0. The van der Waals surface area contributed by atoms with Gasteiger partial charge in [0, 0.05) is 6.42 Å². The van der Waals surface area contributed by atoms with Crippen LogP contribution in [0.15, 0.2) is 24.3 Å². The Bertz CT molecular complexity index is 458. The molecule has 0 radical (unpaired) electrons. The molecule has 0 amide bonds. The molecule has 0 N–H and O–H groups in total. The summed E-state index contributed by atoms with van der Waals surface area (Å²) in [6.07, 6.45) is 2.72. The highest BCUT2D eigenvalue weighted by Crippen LogP contribution is 2.37. The predicted molar refractivity (Wildman–Crippen MR) is 61.8 cm³/mol. The molecule has 82 valence electrons. The van der Waals surface area contributed by atoms with Crippen molar-refractivity contribution < 1.29 is 4.79 Å². The van der Waals surface area contributed by atoms with Crippen molar-refractivity contribution in [1.29, 1.82) is 5.26 Å². The van der Waals surface area contributed by atoms with E-state index in [-0.39, 0.29) is 5.78 Å². The van der Waals surface area contributed by atoms with Crippen LogP contribution in [0.25, 0.3) is 0 Å². The number of carbonyl (C=O) groups excluding carboxylic acids is 1. The van der Waals surface area contributed by atoms with Gasteiger partial charge in [-0.3, -0.25) is 4.79 Å². The van der Waals surface area contributed by atoms with E-state index in [4.69, 9.17) is 0 Å². The summed E-state index contributed by atoms with van der Waals surface area (Å²) >= 11 is 0. The van der Waals surface area contributed by atoms with Gasteiger partial charge in [0.25, 0.3) is 0 Å². The van der Waals surface area contributed by atoms with E-state index in [0.717, 1.165) is 18.4 Å². The highest BCUT2D eigenvalue weighted by Gasteiger charge is 2.42. The summed E-state index contributed by atoms with van der Waals surface area (Å²) in [6, 6.07) is 10.3. The van der Waals surface area contributed by atoms with Gasteiger partial charge >= 0.3 is 0 Å². The second kappa shape index (κ2) is 4.09. The first-order valence-corrected chi connectivity index (χ1v) is 5.66. The summed E-state index contributed by atoms with van der Waals surface area (Å²) in [5, 5.41) is 9.25. The van der Waals surface area contributed by atoms with Crippen LogP contribution in [0.4, 0.5) is 0 Å². The maximum absolute atomic E-state index is 11.8. The zero-order valence-corrected chi connectivity index (χ0v) is 9.49. The zero-order chi connectivity index (χ0) is 11.6. The average molecular weight is 213 g/mol. The lowest BCUT2D eigenvalue weighted by Gasteiger charge is -2.18. The average Bonchev–Trinajstić information content (AvgIpc) is 2.61. The number of benzene rings is 1. The zero-order valence-electron chi connectivity index (χ0n) is 9.49. The third-order valence-corrected chi connectivity index (χ3v) is 3.34. The number of ketones is 1. The standard InChI is InChI=1S/C14H15NO/c1-11-4-2-5-12(8-11)9-14(10-15)7-3-6-13(14)16/h2,4-5,8H,3,6-7,9H2,1H3. The van der Waals surface area contributed by atoms with Crippen LogP contribution in [0.3, 0.4) is 0 Å². The van der Waals surface area contributed by atoms with E-state index < -0.39 is 5.41 Å². The van der Waals surface area contributed by atoms with E-state index in [0.29, 0.717) is 12.8 Å². The van der Waals surface area contributed by atoms with Crippen molar-refractivity contribution >= 4 is 5.78 Å². The summed E-state index contributed by atoms with van der Waals surface area (Å²) in [7, 11) is 0. The van der Waals surface area contributed by atoms with Gasteiger partial charge < -0.3 is 0 Å². The monoisotopic (exact) mass is 213 g/mol. The quantitative estimate of drug-likeness (QED) is 0.758. The van der Waals surface area contributed by atoms with Crippen molar-refractivity contribution in [2.24, 2.45) is 5.41 Å². The lowest BCUT2D eigenvalue weighted by atomic mass is 9.80. The molecule has 0 bridgehead atoms. The lowest BCUT2D eigenvalue weighted by Crippen LogP contribution is -2.26. The van der Waals surface area contributed by atoms with Crippen molar-refractivity contribution in [1.82, 2.24) is 0 Å². The van der Waals surface area contributed by atoms with Gasteiger partial charge in [-0.25, -0.2) is 0 Å². The highest BCUT2D eigenvalue weighted by molar-refractivity contribution is 5.89. The molecule has 0 aromatic heterocycles. The van der Waals surface area contributed by atoms with Crippen LogP contribution in [0.5, 0.6) is 0 Å². The van der Waals surface area contributed by atoms with Gasteiger partial charge in [-0.15, -0.1) is 0 Å². The first-order chi connectivity index (χ1) is 7.66.